The Bertz CT molecular complexity index is 362. The van der Waals surface area contributed by atoms with Crippen LogP contribution in [-0.4, -0.2) is 5.25 Å². The van der Waals surface area contributed by atoms with Crippen molar-refractivity contribution in [3.63, 3.8) is 0 Å². The third kappa shape index (κ3) is 3.38. The first-order valence-electron chi connectivity index (χ1n) is 9.29. The molecule has 0 aromatic rings. The zero-order valence-electron chi connectivity index (χ0n) is 14.9. The fourth-order valence-corrected chi connectivity index (χ4v) is 5.72. The van der Waals surface area contributed by atoms with Gasteiger partial charge in [-0.2, -0.15) is 12.6 Å². The Kier molecular flexibility index (Phi) is 5.91. The molecule has 0 N–H and O–H groups in total. The minimum absolute atomic E-state index is 0.558. The topological polar surface area (TPSA) is 0 Å². The molecule has 2 aliphatic carbocycles. The molecule has 1 heteroatoms. The first kappa shape index (κ1) is 17.4. The highest BCUT2D eigenvalue weighted by Gasteiger charge is 2.57. The molecule has 1 spiro atoms. The summed E-state index contributed by atoms with van der Waals surface area (Å²) in [6.07, 6.45) is 12.1. The number of allylic oxidation sites excluding steroid dienone is 2. The highest BCUT2D eigenvalue weighted by Crippen LogP contribution is 2.65. The van der Waals surface area contributed by atoms with Gasteiger partial charge in [0.2, 0.25) is 0 Å². The van der Waals surface area contributed by atoms with Crippen LogP contribution in [0.5, 0.6) is 0 Å². The number of rotatable bonds is 6. The molecule has 0 amide bonds. The first-order chi connectivity index (χ1) is 9.92. The van der Waals surface area contributed by atoms with E-state index >= 15 is 0 Å². The highest BCUT2D eigenvalue weighted by atomic mass is 32.1. The molecule has 0 saturated heterocycles. The molecule has 0 nitrogen and oxygen atoms in total. The normalized spacial score (nSPS) is 33.5. The summed E-state index contributed by atoms with van der Waals surface area (Å²) < 4.78 is 0. The summed E-state index contributed by atoms with van der Waals surface area (Å²) in [5, 5.41) is 0.558. The molecule has 122 valence electrons. The van der Waals surface area contributed by atoms with Gasteiger partial charge in [0.1, 0.15) is 0 Å². The summed E-state index contributed by atoms with van der Waals surface area (Å²) >= 11 is 4.94. The van der Waals surface area contributed by atoms with Crippen LogP contribution in [0.4, 0.5) is 0 Å². The Morgan fingerprint density at radius 3 is 2.38 bits per heavy atom. The Labute approximate surface area is 138 Å². The van der Waals surface area contributed by atoms with Crippen LogP contribution in [0.25, 0.3) is 0 Å². The maximum atomic E-state index is 4.94. The molecule has 2 aliphatic rings. The lowest BCUT2D eigenvalue weighted by atomic mass is 9.46. The van der Waals surface area contributed by atoms with E-state index in [2.05, 4.69) is 40.7 Å². The van der Waals surface area contributed by atoms with E-state index < -0.39 is 0 Å². The molecule has 0 aromatic carbocycles. The highest BCUT2D eigenvalue weighted by molar-refractivity contribution is 7.80. The van der Waals surface area contributed by atoms with Crippen LogP contribution in [0.1, 0.15) is 79.6 Å². The van der Waals surface area contributed by atoms with Gasteiger partial charge in [0.15, 0.2) is 0 Å². The summed E-state index contributed by atoms with van der Waals surface area (Å²) in [4.78, 5) is 0. The third-order valence-electron chi connectivity index (χ3n) is 6.93. The predicted molar refractivity (Wildman–Crippen MR) is 97.9 cm³/mol. The molecule has 4 unspecified atom stereocenters. The second kappa shape index (κ2) is 7.11. The van der Waals surface area contributed by atoms with Gasteiger partial charge in [-0.05, 0) is 61.2 Å². The quantitative estimate of drug-likeness (QED) is 0.419. The fourth-order valence-electron chi connectivity index (χ4n) is 5.39. The van der Waals surface area contributed by atoms with E-state index in [1.165, 1.54) is 38.5 Å². The summed E-state index contributed by atoms with van der Waals surface area (Å²) in [5.41, 5.74) is 2.31. The largest absolute Gasteiger partial charge is 0.176 e. The van der Waals surface area contributed by atoms with Gasteiger partial charge in [-0.15, -0.1) is 0 Å². The molecular weight excluding hydrogens is 272 g/mol. The van der Waals surface area contributed by atoms with E-state index in [0.717, 1.165) is 24.2 Å². The minimum Gasteiger partial charge on any atom is -0.176 e. The van der Waals surface area contributed by atoms with Crippen molar-refractivity contribution >= 4 is 12.6 Å². The zero-order chi connectivity index (χ0) is 15.6. The molecule has 2 saturated carbocycles. The van der Waals surface area contributed by atoms with E-state index in [9.17, 15) is 0 Å². The van der Waals surface area contributed by atoms with Crippen molar-refractivity contribution in [1.82, 2.24) is 0 Å². The molecule has 0 aliphatic heterocycles. The van der Waals surface area contributed by atoms with Gasteiger partial charge in [0, 0.05) is 5.25 Å². The van der Waals surface area contributed by atoms with Crippen molar-refractivity contribution in [2.24, 2.45) is 29.1 Å². The number of hydrogen-bond donors (Lipinski definition) is 1. The molecule has 2 fully saturated rings. The van der Waals surface area contributed by atoms with Crippen LogP contribution in [-0.2, 0) is 0 Å². The van der Waals surface area contributed by atoms with Gasteiger partial charge in [-0.3, -0.25) is 0 Å². The molecule has 0 radical (unpaired) electrons. The molecule has 0 heterocycles. The molecule has 2 rings (SSSR count). The lowest BCUT2D eigenvalue weighted by Gasteiger charge is -2.59. The van der Waals surface area contributed by atoms with E-state index in [-0.39, 0.29) is 0 Å². The first-order valence-corrected chi connectivity index (χ1v) is 9.81. The smallest absolute Gasteiger partial charge is 0.00543 e. The predicted octanol–water partition coefficient (Wildman–Crippen LogP) is 6.52. The van der Waals surface area contributed by atoms with Crippen molar-refractivity contribution in [1.29, 1.82) is 0 Å². The summed E-state index contributed by atoms with van der Waals surface area (Å²) in [6, 6.07) is 0. The molecular formula is C20H36S. The molecule has 21 heavy (non-hydrogen) atoms. The van der Waals surface area contributed by atoms with E-state index in [0.29, 0.717) is 16.6 Å². The molecule has 4 atom stereocenters. The Hall–Kier alpha value is 0.0900. The van der Waals surface area contributed by atoms with Gasteiger partial charge in [-0.25, -0.2) is 0 Å². The second-order valence-corrected chi connectivity index (χ2v) is 8.84. The van der Waals surface area contributed by atoms with Gasteiger partial charge in [0.05, 0.1) is 0 Å². The zero-order valence-corrected chi connectivity index (χ0v) is 15.8. The molecule has 0 aromatic heterocycles. The van der Waals surface area contributed by atoms with Crippen LogP contribution in [0.15, 0.2) is 11.6 Å². The van der Waals surface area contributed by atoms with Crippen LogP contribution in [0.3, 0.4) is 0 Å². The van der Waals surface area contributed by atoms with Crippen LogP contribution >= 0.6 is 12.6 Å². The van der Waals surface area contributed by atoms with Gasteiger partial charge < -0.3 is 0 Å². The fraction of sp³-hybridized carbons (Fsp3) is 0.900. The van der Waals surface area contributed by atoms with Crippen LogP contribution in [0.2, 0.25) is 0 Å². The van der Waals surface area contributed by atoms with Crippen molar-refractivity contribution in [3.8, 4) is 0 Å². The van der Waals surface area contributed by atoms with Gasteiger partial charge in [-0.1, -0.05) is 59.1 Å². The van der Waals surface area contributed by atoms with E-state index in [1.807, 2.05) is 0 Å². The summed E-state index contributed by atoms with van der Waals surface area (Å²) in [5.74, 6) is 3.50. The third-order valence-corrected chi connectivity index (χ3v) is 7.35. The van der Waals surface area contributed by atoms with Gasteiger partial charge >= 0.3 is 0 Å². The average Bonchev–Trinajstić information content (AvgIpc) is 2.96. The Morgan fingerprint density at radius 2 is 1.86 bits per heavy atom. The summed E-state index contributed by atoms with van der Waals surface area (Å²) in [7, 11) is 0. The molecule has 0 bridgehead atoms. The van der Waals surface area contributed by atoms with Crippen LogP contribution < -0.4 is 0 Å². The SMILES string of the molecule is CC/C(=C\CC(S)CC1C(C)C(C)C12CCCC2)C(C)C. The lowest BCUT2D eigenvalue weighted by molar-refractivity contribution is -0.105. The lowest BCUT2D eigenvalue weighted by Crippen LogP contribution is -2.53. The monoisotopic (exact) mass is 308 g/mol. The summed E-state index contributed by atoms with van der Waals surface area (Å²) in [6.45, 7) is 11.9. The second-order valence-electron chi connectivity index (χ2n) is 8.11. The minimum atomic E-state index is 0.558. The van der Waals surface area contributed by atoms with Gasteiger partial charge in [0.25, 0.3) is 0 Å². The Morgan fingerprint density at radius 1 is 1.24 bits per heavy atom. The maximum Gasteiger partial charge on any atom is 0.00543 e. The van der Waals surface area contributed by atoms with E-state index in [1.54, 1.807) is 5.57 Å². The average molecular weight is 309 g/mol. The van der Waals surface area contributed by atoms with Crippen molar-refractivity contribution < 1.29 is 0 Å². The van der Waals surface area contributed by atoms with E-state index in [4.69, 9.17) is 12.6 Å². The maximum absolute atomic E-state index is 4.94. The van der Waals surface area contributed by atoms with Crippen molar-refractivity contribution in [2.75, 3.05) is 0 Å². The number of hydrogen-bond acceptors (Lipinski definition) is 1. The van der Waals surface area contributed by atoms with Crippen LogP contribution in [0, 0.1) is 29.1 Å². The van der Waals surface area contributed by atoms with Crippen molar-refractivity contribution in [3.05, 3.63) is 11.6 Å². The van der Waals surface area contributed by atoms with Crippen molar-refractivity contribution in [2.45, 2.75) is 84.8 Å². The number of thiol groups is 1. The Balaban J connectivity index is 1.92. The standard InChI is InChI=1S/C20H36S/c1-6-17(14(2)3)9-10-18(21)13-19-15(4)16(5)20(19)11-7-8-12-20/h9,14-16,18-19,21H,6-8,10-13H2,1-5H3/b17-9+.